The summed E-state index contributed by atoms with van der Waals surface area (Å²) in [5, 5.41) is 13.6. The van der Waals surface area contributed by atoms with Crippen LogP contribution in [0, 0.1) is 13.8 Å². The second-order valence-electron chi connectivity index (χ2n) is 7.26. The lowest BCUT2D eigenvalue weighted by Crippen LogP contribution is -2.26. The van der Waals surface area contributed by atoms with E-state index in [4.69, 9.17) is 10.5 Å². The maximum Gasteiger partial charge on any atom is 0.221 e. The van der Waals surface area contributed by atoms with Crippen molar-refractivity contribution in [2.45, 2.75) is 33.8 Å². The van der Waals surface area contributed by atoms with Gasteiger partial charge in [-0.1, -0.05) is 25.6 Å². The highest BCUT2D eigenvalue weighted by atomic mass is 16.5. The third-order valence-corrected chi connectivity index (χ3v) is 4.84. The van der Waals surface area contributed by atoms with Crippen molar-refractivity contribution in [3.8, 4) is 11.6 Å². The van der Waals surface area contributed by atoms with Gasteiger partial charge < -0.3 is 25.5 Å². The van der Waals surface area contributed by atoms with Crippen LogP contribution >= 0.6 is 0 Å². The fourth-order valence-corrected chi connectivity index (χ4v) is 3.26. The van der Waals surface area contributed by atoms with Crippen LogP contribution in [-0.4, -0.2) is 40.3 Å². The molecule has 2 aromatic heterocycles. The molecular weight excluding hydrogens is 392 g/mol. The van der Waals surface area contributed by atoms with Crippen molar-refractivity contribution in [3.63, 3.8) is 0 Å². The fraction of sp³-hybridized carbons (Fsp3) is 0.333. The number of aryl methyl sites for hydroxylation is 2. The van der Waals surface area contributed by atoms with Crippen LogP contribution < -0.4 is 15.8 Å². The van der Waals surface area contributed by atoms with Crippen LogP contribution in [0.1, 0.15) is 36.0 Å². The Hall–Kier alpha value is -3.16. The van der Waals surface area contributed by atoms with Gasteiger partial charge in [0.2, 0.25) is 5.91 Å². The Balaban J connectivity index is 0.00000341. The molecule has 0 radical (unpaired) electrons. The second-order valence-corrected chi connectivity index (χ2v) is 7.26. The van der Waals surface area contributed by atoms with Gasteiger partial charge in [0.25, 0.3) is 0 Å². The number of rotatable bonds is 10. The molecule has 4 N–H and O–H groups in total. The Labute approximate surface area is 183 Å². The summed E-state index contributed by atoms with van der Waals surface area (Å²) in [5.74, 6) is 1.21. The molecule has 0 aliphatic rings. The summed E-state index contributed by atoms with van der Waals surface area (Å²) in [6.45, 7) is 5.54. The van der Waals surface area contributed by atoms with Crippen molar-refractivity contribution >= 4 is 5.91 Å². The van der Waals surface area contributed by atoms with E-state index in [1.165, 1.54) is 0 Å². The third-order valence-electron chi connectivity index (χ3n) is 4.84. The van der Waals surface area contributed by atoms with Crippen LogP contribution in [0.3, 0.4) is 0 Å². The predicted octanol–water partition coefficient (Wildman–Crippen LogP) is 2.86. The van der Waals surface area contributed by atoms with Crippen LogP contribution in [0.4, 0.5) is 0 Å². The molecule has 0 fully saturated rings. The number of aliphatic hydroxyl groups excluding tert-OH is 1. The SMILES string of the molecule is C.Cc1ccc(C)n1-c1ccc([C@@H](O)CNCCOc2ccc(CC(N)=O)cc2)cn1. The fourth-order valence-electron chi connectivity index (χ4n) is 3.26. The average Bonchev–Trinajstić information content (AvgIpc) is 3.06. The number of primary amides is 1. The largest absolute Gasteiger partial charge is 0.492 e. The number of aromatic nitrogens is 2. The van der Waals surface area contributed by atoms with Gasteiger partial charge >= 0.3 is 0 Å². The molecule has 0 saturated heterocycles. The Morgan fingerprint density at radius 3 is 2.39 bits per heavy atom. The number of ether oxygens (including phenoxy) is 1. The van der Waals surface area contributed by atoms with Crippen LogP contribution in [0.2, 0.25) is 0 Å². The summed E-state index contributed by atoms with van der Waals surface area (Å²) in [6, 6.07) is 15.2. The van der Waals surface area contributed by atoms with Crippen LogP contribution in [0.5, 0.6) is 5.75 Å². The maximum atomic E-state index is 10.9. The van der Waals surface area contributed by atoms with Gasteiger partial charge in [-0.3, -0.25) is 4.79 Å². The molecule has 1 amide bonds. The molecule has 1 aromatic carbocycles. The monoisotopic (exact) mass is 424 g/mol. The molecule has 0 aliphatic carbocycles. The highest BCUT2D eigenvalue weighted by molar-refractivity contribution is 5.76. The summed E-state index contributed by atoms with van der Waals surface area (Å²) in [7, 11) is 0. The molecule has 2 heterocycles. The molecule has 3 aromatic rings. The Morgan fingerprint density at radius 2 is 1.81 bits per heavy atom. The molecule has 31 heavy (non-hydrogen) atoms. The zero-order valence-electron chi connectivity index (χ0n) is 17.3. The van der Waals surface area contributed by atoms with E-state index in [9.17, 15) is 9.90 Å². The standard InChI is InChI=1S/C23H28N4O3.CH4/c1-16-3-4-17(2)27(16)23-10-7-19(14-26-23)21(28)15-25-11-12-30-20-8-5-18(6-9-20)13-22(24)29;/h3-10,14,21,25,28H,11-13,15H2,1-2H3,(H2,24,29);1H4/t21-;/m0./s1. The Bertz CT molecular complexity index is 946. The molecule has 166 valence electrons. The van der Waals surface area contributed by atoms with Gasteiger partial charge in [-0.25, -0.2) is 4.98 Å². The van der Waals surface area contributed by atoms with Crippen LogP contribution in [0.15, 0.2) is 54.7 Å². The molecule has 0 unspecified atom stereocenters. The summed E-state index contributed by atoms with van der Waals surface area (Å²) >= 11 is 0. The zero-order valence-corrected chi connectivity index (χ0v) is 17.3. The maximum absolute atomic E-state index is 10.9. The minimum atomic E-state index is -0.647. The van der Waals surface area contributed by atoms with Crippen molar-refractivity contribution in [2.24, 2.45) is 5.73 Å². The van der Waals surface area contributed by atoms with E-state index in [2.05, 4.69) is 27.0 Å². The number of nitrogens with two attached hydrogens (primary N) is 1. The van der Waals surface area contributed by atoms with Gasteiger partial charge in [0.1, 0.15) is 18.2 Å². The lowest BCUT2D eigenvalue weighted by Gasteiger charge is -2.14. The zero-order chi connectivity index (χ0) is 21.5. The van der Waals surface area contributed by atoms with Gasteiger partial charge in [-0.05, 0) is 49.7 Å². The number of hydrogen-bond donors (Lipinski definition) is 3. The number of nitrogens with one attached hydrogen (secondary N) is 1. The second kappa shape index (κ2) is 11.3. The molecule has 3 rings (SSSR count). The average molecular weight is 425 g/mol. The minimum absolute atomic E-state index is 0. The van der Waals surface area contributed by atoms with Crippen LogP contribution in [-0.2, 0) is 11.2 Å². The van der Waals surface area contributed by atoms with E-state index in [0.717, 1.165) is 34.1 Å². The number of carbonyl (C=O) groups is 1. The van der Waals surface area contributed by atoms with Crippen molar-refractivity contribution in [3.05, 3.63) is 77.2 Å². The molecule has 0 bridgehead atoms. The lowest BCUT2D eigenvalue weighted by atomic mass is 10.1. The first kappa shape index (κ1) is 24.1. The summed E-state index contributed by atoms with van der Waals surface area (Å²) in [4.78, 5) is 15.4. The minimum Gasteiger partial charge on any atom is -0.492 e. The Morgan fingerprint density at radius 1 is 1.13 bits per heavy atom. The number of aliphatic hydroxyl groups is 1. The highest BCUT2D eigenvalue weighted by Gasteiger charge is 2.10. The number of benzene rings is 1. The van der Waals surface area contributed by atoms with Gasteiger partial charge in [0.15, 0.2) is 0 Å². The highest BCUT2D eigenvalue weighted by Crippen LogP contribution is 2.17. The first-order valence-electron chi connectivity index (χ1n) is 9.94. The van der Waals surface area contributed by atoms with Gasteiger partial charge in [-0.2, -0.15) is 0 Å². The number of amides is 1. The normalized spacial score (nSPS) is 11.6. The summed E-state index contributed by atoms with van der Waals surface area (Å²) in [6.07, 6.45) is 1.29. The first-order valence-corrected chi connectivity index (χ1v) is 9.94. The van der Waals surface area contributed by atoms with E-state index >= 15 is 0 Å². The Kier molecular flexibility index (Phi) is 8.78. The smallest absolute Gasteiger partial charge is 0.221 e. The molecular formula is C24H32N4O3. The van der Waals surface area contributed by atoms with E-state index < -0.39 is 6.10 Å². The van der Waals surface area contributed by atoms with Gasteiger partial charge in [0, 0.05) is 36.2 Å². The summed E-state index contributed by atoms with van der Waals surface area (Å²) in [5.41, 5.74) is 9.05. The lowest BCUT2D eigenvalue weighted by molar-refractivity contribution is -0.117. The topological polar surface area (TPSA) is 102 Å². The van der Waals surface area contributed by atoms with E-state index in [1.807, 2.05) is 50.2 Å². The predicted molar refractivity (Wildman–Crippen MR) is 122 cm³/mol. The quantitative estimate of drug-likeness (QED) is 0.434. The molecule has 7 heteroatoms. The van der Waals surface area contributed by atoms with Crippen molar-refractivity contribution < 1.29 is 14.6 Å². The third kappa shape index (κ3) is 6.67. The van der Waals surface area contributed by atoms with E-state index in [-0.39, 0.29) is 19.8 Å². The summed E-state index contributed by atoms with van der Waals surface area (Å²) < 4.78 is 7.73. The van der Waals surface area contributed by atoms with Gasteiger partial charge in [0.05, 0.1) is 12.5 Å². The first-order chi connectivity index (χ1) is 14.4. The van der Waals surface area contributed by atoms with E-state index in [1.54, 1.807) is 6.20 Å². The van der Waals surface area contributed by atoms with Crippen molar-refractivity contribution in [2.75, 3.05) is 19.7 Å². The number of hydrogen-bond acceptors (Lipinski definition) is 5. The van der Waals surface area contributed by atoms with Crippen molar-refractivity contribution in [1.29, 1.82) is 0 Å². The molecule has 0 saturated carbocycles. The van der Waals surface area contributed by atoms with E-state index in [0.29, 0.717) is 19.7 Å². The van der Waals surface area contributed by atoms with Crippen molar-refractivity contribution in [1.82, 2.24) is 14.9 Å². The number of carbonyl (C=O) groups excluding carboxylic acids is 1. The molecule has 1 atom stereocenters. The number of nitrogens with zero attached hydrogens (tertiary/aromatic N) is 2. The molecule has 7 nitrogen and oxygen atoms in total. The number of pyridine rings is 1. The van der Waals surface area contributed by atoms with Gasteiger partial charge in [-0.15, -0.1) is 0 Å². The molecule has 0 aliphatic heterocycles. The van der Waals surface area contributed by atoms with Crippen LogP contribution in [0.25, 0.3) is 5.82 Å². The molecule has 0 spiro atoms.